The molecule has 8 nitrogen and oxygen atoms in total. The van der Waals surface area contributed by atoms with Gasteiger partial charge in [0.2, 0.25) is 5.91 Å². The van der Waals surface area contributed by atoms with Crippen molar-refractivity contribution in [1.29, 1.82) is 0 Å². The van der Waals surface area contributed by atoms with Crippen LogP contribution in [-0.4, -0.2) is 57.5 Å². The summed E-state index contributed by atoms with van der Waals surface area (Å²) in [6, 6.07) is 6.18. The monoisotopic (exact) mass is 422 g/mol. The lowest BCUT2D eigenvalue weighted by atomic mass is 10.3. The Morgan fingerprint density at radius 2 is 2.13 bits per heavy atom. The number of aromatic nitrogens is 4. The number of aromatic amines is 1. The number of nitrogens with zero attached hydrogens (tertiary/aromatic N) is 4. The van der Waals surface area contributed by atoms with E-state index in [1.165, 1.54) is 18.5 Å². The van der Waals surface area contributed by atoms with Gasteiger partial charge in [-0.25, -0.2) is 19.3 Å². The summed E-state index contributed by atoms with van der Waals surface area (Å²) < 4.78 is 18.6. The molecule has 1 fully saturated rings. The number of hydrogen-bond acceptors (Lipinski definition) is 6. The van der Waals surface area contributed by atoms with Crippen LogP contribution in [0.25, 0.3) is 11.2 Å². The Bertz CT molecular complexity index is 1110. The standard InChI is InChI=1S/C15H12FN5O.C7H11NO/c1-17-14-13-15(19-9-18-14)21-12(20-13)7-4-8-22-11-6-3-2-5-10(11)16;1-2-7(9)8-5-3-4-6-8/h2-3,5-6,9H,8H2,1H3,(H2,17,18,19,20,21);2H,1,3-6H2. The second-order valence-corrected chi connectivity index (χ2v) is 6.51. The van der Waals surface area contributed by atoms with Crippen LogP contribution in [-0.2, 0) is 4.79 Å². The van der Waals surface area contributed by atoms with Gasteiger partial charge in [-0.15, -0.1) is 0 Å². The number of carbonyl (C=O) groups excluding carboxylic acids is 1. The molecule has 1 saturated heterocycles. The molecule has 1 amide bonds. The van der Waals surface area contributed by atoms with E-state index in [-0.39, 0.29) is 18.3 Å². The molecule has 3 aromatic rings. The first-order valence-corrected chi connectivity index (χ1v) is 9.78. The molecule has 0 atom stereocenters. The highest BCUT2D eigenvalue weighted by atomic mass is 19.1. The number of H-pyrrole nitrogens is 1. The fourth-order valence-electron chi connectivity index (χ4n) is 2.94. The molecule has 160 valence electrons. The number of fused-ring (bicyclic) bond motifs is 1. The average molecular weight is 422 g/mol. The van der Waals surface area contributed by atoms with Gasteiger partial charge < -0.3 is 19.9 Å². The number of rotatable bonds is 4. The van der Waals surface area contributed by atoms with Gasteiger partial charge in [0.1, 0.15) is 18.5 Å². The van der Waals surface area contributed by atoms with E-state index in [2.05, 4.69) is 43.7 Å². The van der Waals surface area contributed by atoms with E-state index in [1.807, 2.05) is 4.90 Å². The molecular formula is C22H23FN6O2. The van der Waals surface area contributed by atoms with E-state index in [4.69, 9.17) is 4.74 Å². The fraction of sp³-hybridized carbons (Fsp3) is 0.273. The number of halogens is 1. The molecule has 1 aliphatic rings. The fourth-order valence-corrected chi connectivity index (χ4v) is 2.94. The summed E-state index contributed by atoms with van der Waals surface area (Å²) in [6.45, 7) is 5.32. The predicted molar refractivity (Wildman–Crippen MR) is 116 cm³/mol. The molecule has 0 saturated carbocycles. The molecule has 0 spiro atoms. The number of carbonyl (C=O) groups is 1. The summed E-state index contributed by atoms with van der Waals surface area (Å²) >= 11 is 0. The first kappa shape index (κ1) is 21.8. The third-order valence-electron chi connectivity index (χ3n) is 4.46. The second-order valence-electron chi connectivity index (χ2n) is 6.51. The third kappa shape index (κ3) is 5.79. The van der Waals surface area contributed by atoms with Gasteiger partial charge in [0.25, 0.3) is 0 Å². The second kappa shape index (κ2) is 10.7. The lowest BCUT2D eigenvalue weighted by molar-refractivity contribution is -0.124. The topological polar surface area (TPSA) is 96.0 Å². The van der Waals surface area contributed by atoms with Gasteiger partial charge in [-0.05, 0) is 37.0 Å². The van der Waals surface area contributed by atoms with Crippen LogP contribution >= 0.6 is 0 Å². The average Bonchev–Trinajstić information content (AvgIpc) is 3.47. The Morgan fingerprint density at radius 3 is 2.84 bits per heavy atom. The molecule has 2 N–H and O–H groups in total. The Labute approximate surface area is 179 Å². The first-order chi connectivity index (χ1) is 15.1. The third-order valence-corrected chi connectivity index (χ3v) is 4.46. The van der Waals surface area contributed by atoms with Crippen molar-refractivity contribution in [2.24, 2.45) is 0 Å². The van der Waals surface area contributed by atoms with Crippen LogP contribution in [0, 0.1) is 17.7 Å². The highest BCUT2D eigenvalue weighted by molar-refractivity contribution is 5.87. The number of hydrogen-bond donors (Lipinski definition) is 2. The molecular weight excluding hydrogens is 399 g/mol. The SMILES string of the molecule is C=CC(=O)N1CCCC1.CNc1ncnc2nc(C#CCOc3ccccc3F)[nH]c12. The Hall–Kier alpha value is -3.93. The number of nitrogens with one attached hydrogen (secondary N) is 2. The van der Waals surface area contributed by atoms with E-state index in [0.717, 1.165) is 25.9 Å². The lowest BCUT2D eigenvalue weighted by Gasteiger charge is -2.10. The van der Waals surface area contributed by atoms with Gasteiger partial charge >= 0.3 is 0 Å². The van der Waals surface area contributed by atoms with Crippen molar-refractivity contribution in [3.8, 4) is 17.6 Å². The van der Waals surface area contributed by atoms with Crippen molar-refractivity contribution in [2.75, 3.05) is 32.1 Å². The number of ether oxygens (including phenoxy) is 1. The van der Waals surface area contributed by atoms with Crippen LogP contribution in [0.3, 0.4) is 0 Å². The molecule has 1 aromatic carbocycles. The largest absolute Gasteiger partial charge is 0.478 e. The molecule has 9 heteroatoms. The normalized spacial score (nSPS) is 12.4. The van der Waals surface area contributed by atoms with Gasteiger partial charge in [0.15, 0.2) is 28.9 Å². The highest BCUT2D eigenvalue weighted by Crippen LogP contribution is 2.16. The zero-order chi connectivity index (χ0) is 22.1. The Kier molecular flexibility index (Phi) is 7.54. The Balaban J connectivity index is 0.000000254. The van der Waals surface area contributed by atoms with Crippen LogP contribution in [0.5, 0.6) is 5.75 Å². The maximum atomic E-state index is 13.3. The van der Waals surface area contributed by atoms with E-state index in [0.29, 0.717) is 22.8 Å². The predicted octanol–water partition coefficient (Wildman–Crippen LogP) is 2.76. The van der Waals surface area contributed by atoms with Crippen molar-refractivity contribution in [2.45, 2.75) is 12.8 Å². The molecule has 0 radical (unpaired) electrons. The van der Waals surface area contributed by atoms with E-state index >= 15 is 0 Å². The Morgan fingerprint density at radius 1 is 1.35 bits per heavy atom. The van der Waals surface area contributed by atoms with Crippen molar-refractivity contribution >= 4 is 22.9 Å². The molecule has 0 aliphatic carbocycles. The van der Waals surface area contributed by atoms with Crippen LogP contribution in [0.4, 0.5) is 10.2 Å². The molecule has 4 rings (SSSR count). The minimum Gasteiger partial charge on any atom is -0.478 e. The quantitative estimate of drug-likeness (QED) is 0.496. The number of benzene rings is 1. The van der Waals surface area contributed by atoms with Gasteiger partial charge in [0, 0.05) is 20.1 Å². The molecule has 1 aliphatic heterocycles. The molecule has 31 heavy (non-hydrogen) atoms. The smallest absolute Gasteiger partial charge is 0.245 e. The summed E-state index contributed by atoms with van der Waals surface area (Å²) in [7, 11) is 1.76. The molecule has 0 bridgehead atoms. The summed E-state index contributed by atoms with van der Waals surface area (Å²) in [5.74, 6) is 6.52. The van der Waals surface area contributed by atoms with Crippen molar-refractivity contribution < 1.29 is 13.9 Å². The molecule has 2 aromatic heterocycles. The van der Waals surface area contributed by atoms with E-state index in [9.17, 15) is 9.18 Å². The van der Waals surface area contributed by atoms with Gasteiger partial charge in [-0.3, -0.25) is 4.79 Å². The van der Waals surface area contributed by atoms with Crippen LogP contribution in [0.2, 0.25) is 0 Å². The molecule has 3 heterocycles. The number of amides is 1. The molecule has 0 unspecified atom stereocenters. The number of para-hydroxylation sites is 1. The first-order valence-electron chi connectivity index (χ1n) is 9.78. The van der Waals surface area contributed by atoms with Crippen molar-refractivity contribution in [1.82, 2.24) is 24.8 Å². The zero-order valence-electron chi connectivity index (χ0n) is 17.2. The summed E-state index contributed by atoms with van der Waals surface area (Å²) in [4.78, 5) is 28.0. The zero-order valence-corrected chi connectivity index (χ0v) is 17.2. The lowest BCUT2D eigenvalue weighted by Crippen LogP contribution is -2.25. The van der Waals surface area contributed by atoms with E-state index < -0.39 is 5.82 Å². The van der Waals surface area contributed by atoms with Crippen LogP contribution in [0.1, 0.15) is 18.7 Å². The van der Waals surface area contributed by atoms with Crippen molar-refractivity contribution in [3.63, 3.8) is 0 Å². The maximum Gasteiger partial charge on any atom is 0.245 e. The summed E-state index contributed by atoms with van der Waals surface area (Å²) in [5, 5.41) is 2.94. The van der Waals surface area contributed by atoms with Gasteiger partial charge in [-0.1, -0.05) is 24.6 Å². The summed E-state index contributed by atoms with van der Waals surface area (Å²) in [5.41, 5.74) is 1.21. The number of imidazole rings is 1. The van der Waals surface area contributed by atoms with Crippen LogP contribution in [0.15, 0.2) is 43.2 Å². The number of likely N-dealkylation sites (tertiary alicyclic amines) is 1. The van der Waals surface area contributed by atoms with Crippen molar-refractivity contribution in [3.05, 3.63) is 54.9 Å². The van der Waals surface area contributed by atoms with E-state index in [1.54, 1.807) is 25.2 Å². The highest BCUT2D eigenvalue weighted by Gasteiger charge is 2.14. The summed E-state index contributed by atoms with van der Waals surface area (Å²) in [6.07, 6.45) is 5.11. The minimum absolute atomic E-state index is 0.0581. The van der Waals surface area contributed by atoms with Gasteiger partial charge in [-0.2, -0.15) is 0 Å². The van der Waals surface area contributed by atoms with Gasteiger partial charge in [0.05, 0.1) is 0 Å². The maximum absolute atomic E-state index is 13.3. The number of anilines is 1. The minimum atomic E-state index is -0.415. The van der Waals surface area contributed by atoms with Crippen LogP contribution < -0.4 is 10.1 Å².